The molecular formula is C10H17NO2. The summed E-state index contributed by atoms with van der Waals surface area (Å²) in [5.41, 5.74) is 4.96. The van der Waals surface area contributed by atoms with E-state index in [4.69, 9.17) is 10.5 Å². The van der Waals surface area contributed by atoms with Gasteiger partial charge in [-0.25, -0.2) is 0 Å². The molecule has 3 heteroatoms. The molecule has 0 aromatic heterocycles. The zero-order valence-corrected chi connectivity index (χ0v) is 8.25. The molecule has 0 radical (unpaired) electrons. The number of amides is 1. The van der Waals surface area contributed by atoms with Gasteiger partial charge in [0, 0.05) is 6.61 Å². The Hall–Kier alpha value is -0.830. The number of hydrogen-bond donors (Lipinski definition) is 1. The zero-order chi connectivity index (χ0) is 9.90. The van der Waals surface area contributed by atoms with E-state index in [0.717, 1.165) is 19.4 Å². The Morgan fingerprint density at radius 2 is 2.31 bits per heavy atom. The number of rotatable bonds is 2. The largest absolute Gasteiger partial charge is 0.376 e. The van der Waals surface area contributed by atoms with Crippen LogP contribution in [0.2, 0.25) is 0 Å². The number of allylic oxidation sites excluding steroid dienone is 1. The summed E-state index contributed by atoms with van der Waals surface area (Å²) in [5, 5.41) is 0. The van der Waals surface area contributed by atoms with Gasteiger partial charge in [0.25, 0.3) is 0 Å². The molecule has 74 valence electrons. The number of ether oxygens (including phenoxy) is 1. The smallest absolute Gasteiger partial charge is 0.241 e. The van der Waals surface area contributed by atoms with Crippen molar-refractivity contribution in [1.82, 2.24) is 0 Å². The first-order chi connectivity index (χ1) is 5.99. The highest BCUT2D eigenvalue weighted by molar-refractivity contribution is 5.85. The number of nitrogens with two attached hydrogens (primary N) is 1. The topological polar surface area (TPSA) is 52.3 Å². The molecule has 1 heterocycles. The second kappa shape index (κ2) is 3.92. The van der Waals surface area contributed by atoms with Crippen molar-refractivity contribution in [3.63, 3.8) is 0 Å². The first-order valence-electron chi connectivity index (χ1n) is 4.61. The van der Waals surface area contributed by atoms with Crippen LogP contribution in [-0.4, -0.2) is 18.1 Å². The molecular weight excluding hydrogens is 166 g/mol. The molecule has 0 aliphatic carbocycles. The summed E-state index contributed by atoms with van der Waals surface area (Å²) >= 11 is 0. The molecule has 3 nitrogen and oxygen atoms in total. The van der Waals surface area contributed by atoms with Crippen molar-refractivity contribution in [2.75, 3.05) is 6.61 Å². The third-order valence-electron chi connectivity index (χ3n) is 2.27. The number of carbonyl (C=O) groups is 1. The van der Waals surface area contributed by atoms with Crippen molar-refractivity contribution in [3.05, 3.63) is 12.2 Å². The number of carbonyl (C=O) groups excluding carboxylic acids is 1. The van der Waals surface area contributed by atoms with E-state index in [1.807, 2.05) is 6.08 Å². The molecule has 1 aliphatic rings. The summed E-state index contributed by atoms with van der Waals surface area (Å²) in [7, 11) is 0. The fourth-order valence-corrected chi connectivity index (χ4v) is 1.67. The molecule has 1 atom stereocenters. The fraction of sp³-hybridized carbons (Fsp3) is 0.700. The Kier molecular flexibility index (Phi) is 3.09. The fourth-order valence-electron chi connectivity index (χ4n) is 1.67. The van der Waals surface area contributed by atoms with Crippen LogP contribution in [0, 0.1) is 5.92 Å². The molecule has 0 aromatic rings. The lowest BCUT2D eigenvalue weighted by molar-refractivity contribution is -0.113. The van der Waals surface area contributed by atoms with E-state index < -0.39 is 0 Å². The van der Waals surface area contributed by atoms with Crippen LogP contribution in [0.15, 0.2) is 12.2 Å². The Bertz CT molecular complexity index is 221. The minimum Gasteiger partial charge on any atom is -0.376 e. The second-order valence-corrected chi connectivity index (χ2v) is 4.12. The quantitative estimate of drug-likeness (QED) is 0.655. The van der Waals surface area contributed by atoms with E-state index in [9.17, 15) is 4.79 Å². The van der Waals surface area contributed by atoms with Gasteiger partial charge in [-0.15, -0.1) is 0 Å². The molecule has 0 bridgehead atoms. The maximum Gasteiger partial charge on any atom is 0.241 e. The molecule has 1 aliphatic heterocycles. The Morgan fingerprint density at radius 3 is 2.85 bits per heavy atom. The lowest BCUT2D eigenvalue weighted by Gasteiger charge is -2.34. The van der Waals surface area contributed by atoms with E-state index in [-0.39, 0.29) is 11.5 Å². The summed E-state index contributed by atoms with van der Waals surface area (Å²) < 4.78 is 5.55. The summed E-state index contributed by atoms with van der Waals surface area (Å²) in [4.78, 5) is 10.5. The number of primary amides is 1. The molecule has 0 saturated carbocycles. The highest BCUT2D eigenvalue weighted by atomic mass is 16.5. The van der Waals surface area contributed by atoms with Crippen molar-refractivity contribution >= 4 is 5.91 Å². The first kappa shape index (κ1) is 10.3. The number of hydrogen-bond acceptors (Lipinski definition) is 2. The van der Waals surface area contributed by atoms with Crippen molar-refractivity contribution in [1.29, 1.82) is 0 Å². The minimum absolute atomic E-state index is 0.0646. The van der Waals surface area contributed by atoms with Crippen molar-refractivity contribution in [3.8, 4) is 0 Å². The molecule has 0 spiro atoms. The SMILES string of the molecule is CC1(C)CC(C=CC(N)=O)CCO1. The standard InChI is InChI=1S/C10H17NO2/c1-10(2)7-8(5-6-13-10)3-4-9(11)12/h3-4,8H,5-7H2,1-2H3,(H2,11,12). The van der Waals surface area contributed by atoms with Crippen molar-refractivity contribution < 1.29 is 9.53 Å². The van der Waals surface area contributed by atoms with Crippen molar-refractivity contribution in [2.24, 2.45) is 11.7 Å². The summed E-state index contributed by atoms with van der Waals surface area (Å²) in [5.74, 6) is 0.0561. The Labute approximate surface area is 78.9 Å². The monoisotopic (exact) mass is 183 g/mol. The van der Waals surface area contributed by atoms with E-state index in [1.54, 1.807) is 0 Å². The minimum atomic E-state index is -0.371. The molecule has 1 amide bonds. The van der Waals surface area contributed by atoms with Crippen LogP contribution in [0.25, 0.3) is 0 Å². The third-order valence-corrected chi connectivity index (χ3v) is 2.27. The van der Waals surface area contributed by atoms with E-state index in [1.165, 1.54) is 6.08 Å². The van der Waals surface area contributed by atoms with Gasteiger partial charge in [-0.3, -0.25) is 4.79 Å². The van der Waals surface area contributed by atoms with Gasteiger partial charge in [0.15, 0.2) is 0 Å². The molecule has 1 fully saturated rings. The highest BCUT2D eigenvalue weighted by Crippen LogP contribution is 2.29. The molecule has 1 unspecified atom stereocenters. The first-order valence-corrected chi connectivity index (χ1v) is 4.61. The second-order valence-electron chi connectivity index (χ2n) is 4.12. The van der Waals surface area contributed by atoms with Gasteiger partial charge in [0.05, 0.1) is 5.60 Å². The maximum absolute atomic E-state index is 10.5. The summed E-state index contributed by atoms with van der Waals surface area (Å²) in [6.07, 6.45) is 5.28. The predicted molar refractivity (Wildman–Crippen MR) is 51.1 cm³/mol. The normalized spacial score (nSPS) is 27.7. The lowest BCUT2D eigenvalue weighted by atomic mass is 9.88. The van der Waals surface area contributed by atoms with Gasteiger partial charge < -0.3 is 10.5 Å². The average molecular weight is 183 g/mol. The molecule has 1 rings (SSSR count). The van der Waals surface area contributed by atoms with Crippen LogP contribution < -0.4 is 5.73 Å². The maximum atomic E-state index is 10.5. The Balaban J connectivity index is 2.48. The van der Waals surface area contributed by atoms with Gasteiger partial charge in [0.2, 0.25) is 5.91 Å². The van der Waals surface area contributed by atoms with Crippen LogP contribution in [0.5, 0.6) is 0 Å². The van der Waals surface area contributed by atoms with Crippen molar-refractivity contribution in [2.45, 2.75) is 32.3 Å². The summed E-state index contributed by atoms with van der Waals surface area (Å²) in [6, 6.07) is 0. The lowest BCUT2D eigenvalue weighted by Crippen LogP contribution is -2.33. The van der Waals surface area contributed by atoms with Gasteiger partial charge in [-0.05, 0) is 38.7 Å². The van der Waals surface area contributed by atoms with Gasteiger partial charge in [-0.2, -0.15) is 0 Å². The van der Waals surface area contributed by atoms with Crippen LogP contribution >= 0.6 is 0 Å². The van der Waals surface area contributed by atoms with Crippen LogP contribution in [0.1, 0.15) is 26.7 Å². The van der Waals surface area contributed by atoms with Gasteiger partial charge in [0.1, 0.15) is 0 Å². The van der Waals surface area contributed by atoms with E-state index in [2.05, 4.69) is 13.8 Å². The Morgan fingerprint density at radius 1 is 1.62 bits per heavy atom. The van der Waals surface area contributed by atoms with E-state index >= 15 is 0 Å². The highest BCUT2D eigenvalue weighted by Gasteiger charge is 2.27. The molecule has 0 aromatic carbocycles. The molecule has 13 heavy (non-hydrogen) atoms. The van der Waals surface area contributed by atoms with E-state index in [0.29, 0.717) is 5.92 Å². The molecule has 2 N–H and O–H groups in total. The molecule has 1 saturated heterocycles. The van der Waals surface area contributed by atoms with Gasteiger partial charge >= 0.3 is 0 Å². The summed E-state index contributed by atoms with van der Waals surface area (Å²) in [6.45, 7) is 4.90. The third kappa shape index (κ3) is 3.59. The van der Waals surface area contributed by atoms with Crippen LogP contribution in [0.4, 0.5) is 0 Å². The van der Waals surface area contributed by atoms with Crippen LogP contribution in [-0.2, 0) is 9.53 Å². The average Bonchev–Trinajstić information content (AvgIpc) is 1.99. The predicted octanol–water partition coefficient (Wildman–Crippen LogP) is 1.23. The van der Waals surface area contributed by atoms with Crippen LogP contribution in [0.3, 0.4) is 0 Å². The van der Waals surface area contributed by atoms with Gasteiger partial charge in [-0.1, -0.05) is 6.08 Å². The zero-order valence-electron chi connectivity index (χ0n) is 8.25.